The van der Waals surface area contributed by atoms with Gasteiger partial charge in [0.05, 0.1) is 12.1 Å². The van der Waals surface area contributed by atoms with E-state index in [1.54, 1.807) is 0 Å². The van der Waals surface area contributed by atoms with Crippen LogP contribution in [-0.4, -0.2) is 23.9 Å². The third kappa shape index (κ3) is 2.10. The van der Waals surface area contributed by atoms with Crippen LogP contribution >= 0.6 is 0 Å². The second-order valence-electron chi connectivity index (χ2n) is 8.51. The maximum atomic E-state index is 6.37. The number of rotatable bonds is 2. The summed E-state index contributed by atoms with van der Waals surface area (Å²) >= 11 is 0. The van der Waals surface area contributed by atoms with Crippen molar-refractivity contribution in [2.24, 2.45) is 15.4 Å². The minimum absolute atomic E-state index is 0.0395. The summed E-state index contributed by atoms with van der Waals surface area (Å²) in [6, 6.07) is 17.4. The van der Waals surface area contributed by atoms with E-state index in [0.717, 1.165) is 24.6 Å². The van der Waals surface area contributed by atoms with Crippen LogP contribution in [0.15, 0.2) is 58.5 Å². The van der Waals surface area contributed by atoms with Crippen molar-refractivity contribution >= 4 is 11.8 Å². The molecule has 0 bridgehead atoms. The van der Waals surface area contributed by atoms with E-state index in [2.05, 4.69) is 62.4 Å². The van der Waals surface area contributed by atoms with Crippen LogP contribution in [0.25, 0.3) is 0 Å². The number of hydrogen-bond acceptors (Lipinski definition) is 4. The van der Waals surface area contributed by atoms with E-state index in [1.807, 2.05) is 0 Å². The molecule has 4 heteroatoms. The number of ether oxygens (including phenoxy) is 2. The molecule has 4 atom stereocenters. The molecule has 4 nitrogen and oxygen atoms in total. The Labute approximate surface area is 158 Å². The molecule has 0 saturated carbocycles. The molecular weight excluding hydrogens is 336 g/mol. The number of aliphatic imine (C=N–C) groups is 2. The van der Waals surface area contributed by atoms with Crippen LogP contribution in [0.2, 0.25) is 0 Å². The quantitative estimate of drug-likeness (QED) is 0.807. The average Bonchev–Trinajstić information content (AvgIpc) is 3.39. The molecule has 0 fully saturated rings. The first-order chi connectivity index (χ1) is 13.1. The van der Waals surface area contributed by atoms with Gasteiger partial charge in [0, 0.05) is 0 Å². The standard InChI is InChI=1S/C23H22N2O2/c1-23(2,21-24-17-11-13-7-3-5-9-15(13)19(17)26-21)22-25-18-12-14-8-4-6-10-16(14)20(18)27-22/h3-10,17-20H,11-12H2,1-2H3/t17-,18-,19+,20+/m1/s1. The van der Waals surface area contributed by atoms with Crippen LogP contribution in [0.4, 0.5) is 0 Å². The Morgan fingerprint density at radius 1 is 0.741 bits per heavy atom. The van der Waals surface area contributed by atoms with Crippen molar-refractivity contribution in [1.29, 1.82) is 0 Å². The molecule has 4 aliphatic rings. The molecule has 0 unspecified atom stereocenters. The first kappa shape index (κ1) is 15.4. The number of benzene rings is 2. The van der Waals surface area contributed by atoms with Crippen LogP contribution in [0, 0.1) is 5.41 Å². The van der Waals surface area contributed by atoms with Gasteiger partial charge in [-0.25, -0.2) is 9.98 Å². The monoisotopic (exact) mass is 358 g/mol. The highest BCUT2D eigenvalue weighted by Gasteiger charge is 2.50. The van der Waals surface area contributed by atoms with Crippen molar-refractivity contribution in [3.63, 3.8) is 0 Å². The van der Waals surface area contributed by atoms with Crippen LogP contribution in [-0.2, 0) is 22.3 Å². The van der Waals surface area contributed by atoms with Gasteiger partial charge in [-0.05, 0) is 48.9 Å². The molecular formula is C23H22N2O2. The summed E-state index contributed by atoms with van der Waals surface area (Å²) in [4.78, 5) is 9.91. The summed E-state index contributed by atoms with van der Waals surface area (Å²) in [5.74, 6) is 1.53. The lowest BCUT2D eigenvalue weighted by atomic mass is 9.92. The molecule has 2 aromatic rings. The first-order valence-electron chi connectivity index (χ1n) is 9.77. The molecule has 27 heavy (non-hydrogen) atoms. The molecule has 136 valence electrons. The van der Waals surface area contributed by atoms with E-state index in [-0.39, 0.29) is 24.3 Å². The molecule has 0 spiro atoms. The Kier molecular flexibility index (Phi) is 2.98. The zero-order valence-electron chi connectivity index (χ0n) is 15.6. The van der Waals surface area contributed by atoms with Gasteiger partial charge in [-0.15, -0.1) is 0 Å². The minimum Gasteiger partial charge on any atom is -0.470 e. The van der Waals surface area contributed by atoms with Crippen molar-refractivity contribution in [1.82, 2.24) is 0 Å². The summed E-state index contributed by atoms with van der Waals surface area (Å²) in [5.41, 5.74) is 4.81. The number of fused-ring (bicyclic) bond motifs is 6. The lowest BCUT2D eigenvalue weighted by Gasteiger charge is -2.25. The Bertz CT molecular complexity index is 927. The third-order valence-corrected chi connectivity index (χ3v) is 6.39. The Hall–Kier alpha value is -2.62. The van der Waals surface area contributed by atoms with Gasteiger partial charge in [-0.2, -0.15) is 0 Å². The highest BCUT2D eigenvalue weighted by molar-refractivity contribution is 6.05. The Balaban J connectivity index is 1.27. The highest BCUT2D eigenvalue weighted by atomic mass is 16.5. The lowest BCUT2D eigenvalue weighted by molar-refractivity contribution is 0.171. The molecule has 2 aliphatic carbocycles. The predicted molar refractivity (Wildman–Crippen MR) is 104 cm³/mol. The van der Waals surface area contributed by atoms with Crippen molar-refractivity contribution in [3.05, 3.63) is 70.8 Å². The van der Waals surface area contributed by atoms with Crippen LogP contribution in [0.1, 0.15) is 48.3 Å². The van der Waals surface area contributed by atoms with Crippen molar-refractivity contribution in [2.45, 2.75) is 51.0 Å². The Morgan fingerprint density at radius 2 is 1.19 bits per heavy atom. The topological polar surface area (TPSA) is 43.2 Å². The number of hydrogen-bond donors (Lipinski definition) is 0. The zero-order valence-corrected chi connectivity index (χ0v) is 15.6. The SMILES string of the molecule is CC(C)(C1=N[C@@H]2Cc3ccccc3[C@@H]2O1)C1=N[C@@H]2Cc3ccccc3[C@@H]2O1. The average molecular weight is 358 g/mol. The molecule has 0 amide bonds. The number of nitrogens with zero attached hydrogens (tertiary/aromatic N) is 2. The minimum atomic E-state index is -0.446. The van der Waals surface area contributed by atoms with Crippen molar-refractivity contribution < 1.29 is 9.47 Å². The maximum Gasteiger partial charge on any atom is 0.199 e. The highest BCUT2D eigenvalue weighted by Crippen LogP contribution is 2.46. The molecule has 0 radical (unpaired) electrons. The fourth-order valence-electron chi connectivity index (χ4n) is 4.90. The van der Waals surface area contributed by atoms with Crippen molar-refractivity contribution in [2.75, 3.05) is 0 Å². The largest absolute Gasteiger partial charge is 0.470 e. The summed E-state index contributed by atoms with van der Waals surface area (Å²) < 4.78 is 12.7. The third-order valence-electron chi connectivity index (χ3n) is 6.39. The van der Waals surface area contributed by atoms with Crippen LogP contribution in [0.5, 0.6) is 0 Å². The van der Waals surface area contributed by atoms with Gasteiger partial charge >= 0.3 is 0 Å². The van der Waals surface area contributed by atoms with Gasteiger partial charge in [0.25, 0.3) is 0 Å². The summed E-state index contributed by atoms with van der Waals surface area (Å²) in [6.45, 7) is 4.23. The summed E-state index contributed by atoms with van der Waals surface area (Å²) in [7, 11) is 0. The second-order valence-corrected chi connectivity index (χ2v) is 8.51. The van der Waals surface area contributed by atoms with Gasteiger partial charge in [-0.1, -0.05) is 48.5 Å². The molecule has 6 rings (SSSR count). The normalized spacial score (nSPS) is 29.9. The fourth-order valence-corrected chi connectivity index (χ4v) is 4.90. The molecule has 0 aromatic heterocycles. The first-order valence-corrected chi connectivity index (χ1v) is 9.77. The zero-order chi connectivity index (χ0) is 18.2. The van der Waals surface area contributed by atoms with Gasteiger partial charge in [-0.3, -0.25) is 0 Å². The summed E-state index contributed by atoms with van der Waals surface area (Å²) in [5, 5.41) is 0. The van der Waals surface area contributed by atoms with E-state index >= 15 is 0 Å². The van der Waals surface area contributed by atoms with E-state index in [0.29, 0.717) is 0 Å². The molecule has 2 aromatic carbocycles. The van der Waals surface area contributed by atoms with E-state index in [1.165, 1.54) is 22.3 Å². The van der Waals surface area contributed by atoms with Crippen LogP contribution in [0.3, 0.4) is 0 Å². The molecule has 2 heterocycles. The van der Waals surface area contributed by atoms with E-state index in [9.17, 15) is 0 Å². The van der Waals surface area contributed by atoms with Crippen LogP contribution < -0.4 is 0 Å². The molecule has 0 saturated heterocycles. The Morgan fingerprint density at radius 3 is 1.67 bits per heavy atom. The predicted octanol–water partition coefficient (Wildman–Crippen LogP) is 4.20. The van der Waals surface area contributed by atoms with Gasteiger partial charge in [0.15, 0.2) is 11.8 Å². The molecule has 0 N–H and O–H groups in total. The second kappa shape index (κ2) is 5.22. The van der Waals surface area contributed by atoms with Gasteiger partial charge in [0.2, 0.25) is 0 Å². The smallest absolute Gasteiger partial charge is 0.199 e. The van der Waals surface area contributed by atoms with Gasteiger partial charge < -0.3 is 9.47 Å². The molecule has 2 aliphatic heterocycles. The van der Waals surface area contributed by atoms with Crippen molar-refractivity contribution in [3.8, 4) is 0 Å². The maximum absolute atomic E-state index is 6.37. The summed E-state index contributed by atoms with van der Waals surface area (Å²) in [6.07, 6.45) is 1.98. The fraction of sp³-hybridized carbons (Fsp3) is 0.391. The van der Waals surface area contributed by atoms with E-state index in [4.69, 9.17) is 19.5 Å². The van der Waals surface area contributed by atoms with E-state index < -0.39 is 5.41 Å². The lowest BCUT2D eigenvalue weighted by Crippen LogP contribution is -2.34. The van der Waals surface area contributed by atoms with Gasteiger partial charge in [0.1, 0.15) is 17.6 Å².